The van der Waals surface area contributed by atoms with Crippen LogP contribution in [0.3, 0.4) is 0 Å². The van der Waals surface area contributed by atoms with Gasteiger partial charge in [-0.05, 0) is 44.4 Å². The first-order valence-corrected chi connectivity index (χ1v) is 8.61. The monoisotopic (exact) mass is 366 g/mol. The van der Waals surface area contributed by atoms with E-state index in [1.807, 2.05) is 0 Å². The Kier molecular flexibility index (Phi) is 5.20. The standard InChI is InChI=1S/C18H21F3N4O/c1-13(25-10-7-22-12-25)17(26)23-14-5-6-16(15(11-14)18(19,20)21)24-8-3-2-4-9-24/h5-7,10-13H,2-4,8-9H2,1H3,(H,23,26)/t13-/m0/s1. The lowest BCUT2D eigenvalue weighted by atomic mass is 10.1. The Bertz CT molecular complexity index is 752. The number of benzene rings is 1. The zero-order chi connectivity index (χ0) is 18.7. The Morgan fingerprint density at radius 1 is 1.23 bits per heavy atom. The molecule has 1 saturated heterocycles. The number of anilines is 2. The van der Waals surface area contributed by atoms with Gasteiger partial charge in [-0.2, -0.15) is 13.2 Å². The number of alkyl halides is 3. The molecule has 0 saturated carbocycles. The molecular formula is C18H21F3N4O. The molecule has 0 unspecified atom stereocenters. The van der Waals surface area contributed by atoms with Gasteiger partial charge in [0.05, 0.1) is 11.9 Å². The Morgan fingerprint density at radius 2 is 1.96 bits per heavy atom. The van der Waals surface area contributed by atoms with Crippen molar-refractivity contribution in [2.75, 3.05) is 23.3 Å². The van der Waals surface area contributed by atoms with Crippen molar-refractivity contribution in [2.24, 2.45) is 0 Å². The molecular weight excluding hydrogens is 345 g/mol. The van der Waals surface area contributed by atoms with E-state index in [0.717, 1.165) is 25.3 Å². The van der Waals surface area contributed by atoms with Crippen LogP contribution in [0.25, 0.3) is 0 Å². The summed E-state index contributed by atoms with van der Waals surface area (Å²) >= 11 is 0. The lowest BCUT2D eigenvalue weighted by Crippen LogP contribution is -2.31. The van der Waals surface area contributed by atoms with Gasteiger partial charge in [-0.25, -0.2) is 4.98 Å². The molecule has 1 amide bonds. The molecule has 1 aromatic carbocycles. The molecule has 1 atom stereocenters. The molecule has 26 heavy (non-hydrogen) atoms. The van der Waals surface area contributed by atoms with Crippen LogP contribution in [0.2, 0.25) is 0 Å². The van der Waals surface area contributed by atoms with E-state index in [1.165, 1.54) is 18.5 Å². The fourth-order valence-electron chi connectivity index (χ4n) is 3.13. The molecule has 0 spiro atoms. The van der Waals surface area contributed by atoms with Crippen LogP contribution in [-0.2, 0) is 11.0 Å². The molecule has 1 N–H and O–H groups in total. The van der Waals surface area contributed by atoms with Crippen LogP contribution >= 0.6 is 0 Å². The highest BCUT2D eigenvalue weighted by Crippen LogP contribution is 2.39. The highest BCUT2D eigenvalue weighted by Gasteiger charge is 2.35. The van der Waals surface area contributed by atoms with E-state index >= 15 is 0 Å². The summed E-state index contributed by atoms with van der Waals surface area (Å²) < 4.78 is 42.2. The fourth-order valence-corrected chi connectivity index (χ4v) is 3.13. The second-order valence-electron chi connectivity index (χ2n) is 6.45. The van der Waals surface area contributed by atoms with Crippen molar-refractivity contribution in [3.05, 3.63) is 42.5 Å². The molecule has 0 radical (unpaired) electrons. The molecule has 1 fully saturated rings. The van der Waals surface area contributed by atoms with Gasteiger partial charge < -0.3 is 14.8 Å². The molecule has 2 heterocycles. The molecule has 2 aromatic rings. The number of imidazole rings is 1. The van der Waals surface area contributed by atoms with Gasteiger partial charge in [0.2, 0.25) is 5.91 Å². The Balaban J connectivity index is 1.83. The number of hydrogen-bond acceptors (Lipinski definition) is 3. The van der Waals surface area contributed by atoms with E-state index in [4.69, 9.17) is 0 Å². The highest BCUT2D eigenvalue weighted by molar-refractivity contribution is 5.93. The summed E-state index contributed by atoms with van der Waals surface area (Å²) in [5.41, 5.74) is -0.402. The Morgan fingerprint density at radius 3 is 2.58 bits per heavy atom. The number of piperidine rings is 1. The van der Waals surface area contributed by atoms with Crippen LogP contribution in [0.1, 0.15) is 37.8 Å². The first-order valence-electron chi connectivity index (χ1n) is 8.61. The maximum Gasteiger partial charge on any atom is 0.418 e. The lowest BCUT2D eigenvalue weighted by Gasteiger charge is -2.31. The third-order valence-electron chi connectivity index (χ3n) is 4.62. The minimum Gasteiger partial charge on any atom is -0.371 e. The van der Waals surface area contributed by atoms with Crippen LogP contribution in [0.4, 0.5) is 24.5 Å². The van der Waals surface area contributed by atoms with Crippen molar-refractivity contribution >= 4 is 17.3 Å². The van der Waals surface area contributed by atoms with Crippen LogP contribution in [0.15, 0.2) is 36.9 Å². The predicted molar refractivity (Wildman–Crippen MR) is 93.1 cm³/mol. The number of nitrogens with one attached hydrogen (secondary N) is 1. The molecule has 0 bridgehead atoms. The normalized spacial score (nSPS) is 16.4. The average molecular weight is 366 g/mol. The van der Waals surface area contributed by atoms with Gasteiger partial charge in [0.15, 0.2) is 0 Å². The second kappa shape index (κ2) is 7.39. The molecule has 3 rings (SSSR count). The number of carbonyl (C=O) groups excluding carboxylic acids is 1. The molecule has 1 aliphatic rings. The smallest absolute Gasteiger partial charge is 0.371 e. The van der Waals surface area contributed by atoms with Gasteiger partial charge in [-0.1, -0.05) is 0 Å². The number of amides is 1. The number of halogens is 3. The largest absolute Gasteiger partial charge is 0.418 e. The van der Waals surface area contributed by atoms with Gasteiger partial charge in [-0.3, -0.25) is 4.79 Å². The number of hydrogen-bond donors (Lipinski definition) is 1. The van der Waals surface area contributed by atoms with Gasteiger partial charge in [0, 0.05) is 36.9 Å². The fraction of sp³-hybridized carbons (Fsp3) is 0.444. The topological polar surface area (TPSA) is 50.2 Å². The van der Waals surface area contributed by atoms with Crippen molar-refractivity contribution in [3.8, 4) is 0 Å². The van der Waals surface area contributed by atoms with E-state index in [-0.39, 0.29) is 11.4 Å². The van der Waals surface area contributed by atoms with Crippen LogP contribution in [0, 0.1) is 0 Å². The lowest BCUT2D eigenvalue weighted by molar-refractivity contribution is -0.137. The van der Waals surface area contributed by atoms with Crippen LogP contribution < -0.4 is 10.2 Å². The zero-order valence-electron chi connectivity index (χ0n) is 14.5. The molecule has 140 valence electrons. The molecule has 0 aliphatic carbocycles. The second-order valence-corrected chi connectivity index (χ2v) is 6.45. The van der Waals surface area contributed by atoms with Crippen LogP contribution in [0.5, 0.6) is 0 Å². The summed E-state index contributed by atoms with van der Waals surface area (Å²) in [6.45, 7) is 2.89. The SMILES string of the molecule is C[C@@H](C(=O)Nc1ccc(N2CCCCC2)c(C(F)(F)F)c1)n1ccnc1. The van der Waals surface area contributed by atoms with Crippen molar-refractivity contribution in [1.82, 2.24) is 9.55 Å². The number of carbonyl (C=O) groups is 1. The summed E-state index contributed by atoms with van der Waals surface area (Å²) in [5.74, 6) is -0.401. The Hall–Kier alpha value is -2.51. The Labute approximate surface area is 149 Å². The minimum atomic E-state index is -4.48. The molecule has 1 aromatic heterocycles. The summed E-state index contributed by atoms with van der Waals surface area (Å²) in [6.07, 6.45) is 2.99. The third-order valence-corrected chi connectivity index (χ3v) is 4.62. The summed E-state index contributed by atoms with van der Waals surface area (Å²) in [5, 5.41) is 2.57. The van der Waals surface area contributed by atoms with Crippen molar-refractivity contribution in [1.29, 1.82) is 0 Å². The van der Waals surface area contributed by atoms with Gasteiger partial charge >= 0.3 is 6.18 Å². The van der Waals surface area contributed by atoms with E-state index in [9.17, 15) is 18.0 Å². The van der Waals surface area contributed by atoms with Gasteiger partial charge in [-0.15, -0.1) is 0 Å². The maximum absolute atomic E-state index is 13.6. The molecule has 5 nitrogen and oxygen atoms in total. The average Bonchev–Trinajstić information content (AvgIpc) is 3.15. The summed E-state index contributed by atoms with van der Waals surface area (Å²) in [7, 11) is 0. The minimum absolute atomic E-state index is 0.134. The van der Waals surface area contributed by atoms with E-state index in [2.05, 4.69) is 10.3 Å². The first kappa shape index (κ1) is 18.3. The van der Waals surface area contributed by atoms with Gasteiger partial charge in [0.25, 0.3) is 0 Å². The van der Waals surface area contributed by atoms with Crippen molar-refractivity contribution in [2.45, 2.75) is 38.4 Å². The van der Waals surface area contributed by atoms with Crippen molar-refractivity contribution in [3.63, 3.8) is 0 Å². The predicted octanol–water partition coefficient (Wildman–Crippen LogP) is 4.09. The summed E-state index contributed by atoms with van der Waals surface area (Å²) in [4.78, 5) is 17.9. The quantitative estimate of drug-likeness (QED) is 0.887. The summed E-state index contributed by atoms with van der Waals surface area (Å²) in [6, 6.07) is 3.42. The first-order chi connectivity index (χ1) is 12.4. The van der Waals surface area contributed by atoms with Crippen molar-refractivity contribution < 1.29 is 18.0 Å². The zero-order valence-corrected chi connectivity index (χ0v) is 14.5. The third kappa shape index (κ3) is 4.00. The van der Waals surface area contributed by atoms with E-state index in [0.29, 0.717) is 13.1 Å². The number of nitrogens with zero attached hydrogens (tertiary/aromatic N) is 3. The molecule has 1 aliphatic heterocycles. The maximum atomic E-state index is 13.6. The van der Waals surface area contributed by atoms with Crippen LogP contribution in [-0.4, -0.2) is 28.5 Å². The van der Waals surface area contributed by atoms with E-state index < -0.39 is 23.7 Å². The number of rotatable bonds is 4. The number of aromatic nitrogens is 2. The molecule has 8 heteroatoms. The highest BCUT2D eigenvalue weighted by atomic mass is 19.4. The van der Waals surface area contributed by atoms with E-state index in [1.54, 1.807) is 28.8 Å². The van der Waals surface area contributed by atoms with Gasteiger partial charge in [0.1, 0.15) is 6.04 Å².